The number of nitriles is 1. The zero-order valence-electron chi connectivity index (χ0n) is 15.5. The summed E-state index contributed by atoms with van der Waals surface area (Å²) in [6, 6.07) is 15.6. The first-order chi connectivity index (χ1) is 13.4. The molecule has 28 heavy (non-hydrogen) atoms. The summed E-state index contributed by atoms with van der Waals surface area (Å²) >= 11 is 0. The maximum Gasteiger partial charge on any atom is 0.321 e. The van der Waals surface area contributed by atoms with E-state index in [4.69, 9.17) is 10.00 Å². The van der Waals surface area contributed by atoms with Gasteiger partial charge in [0, 0.05) is 18.8 Å². The fraction of sp³-hybridized carbons (Fsp3) is 0.286. The van der Waals surface area contributed by atoms with Crippen LogP contribution in [0.4, 0.5) is 10.5 Å². The molecular formula is C21H21N3O4. The molecular weight excluding hydrogens is 358 g/mol. The van der Waals surface area contributed by atoms with Gasteiger partial charge in [0.05, 0.1) is 17.0 Å². The topological polar surface area (TPSA) is 103 Å². The predicted molar refractivity (Wildman–Crippen MR) is 103 cm³/mol. The van der Waals surface area contributed by atoms with Crippen molar-refractivity contribution >= 4 is 17.7 Å². The van der Waals surface area contributed by atoms with Crippen molar-refractivity contribution in [2.24, 2.45) is 5.41 Å². The third kappa shape index (κ3) is 4.41. The second-order valence-corrected chi connectivity index (χ2v) is 7.05. The SMILES string of the molecule is CC1(C(=O)O)CCN(C(=O)Nc2ccc(Oc3ccc(C#N)cc3)cc2)CC1. The van der Waals surface area contributed by atoms with Crippen molar-refractivity contribution in [1.82, 2.24) is 4.90 Å². The summed E-state index contributed by atoms with van der Waals surface area (Å²) in [7, 11) is 0. The normalized spacial score (nSPS) is 15.4. The van der Waals surface area contributed by atoms with E-state index in [2.05, 4.69) is 11.4 Å². The number of ether oxygens (including phenoxy) is 1. The summed E-state index contributed by atoms with van der Waals surface area (Å²) < 4.78 is 5.71. The Morgan fingerprint density at radius 1 is 1.07 bits per heavy atom. The van der Waals surface area contributed by atoms with Gasteiger partial charge in [-0.1, -0.05) is 0 Å². The highest BCUT2D eigenvalue weighted by Crippen LogP contribution is 2.31. The van der Waals surface area contributed by atoms with Crippen LogP contribution < -0.4 is 10.1 Å². The molecule has 1 heterocycles. The molecule has 2 amide bonds. The predicted octanol–water partition coefficient (Wildman–Crippen LogP) is 4.07. The number of urea groups is 1. The Kier molecular flexibility index (Phi) is 5.50. The van der Waals surface area contributed by atoms with Crippen LogP contribution in [-0.4, -0.2) is 35.1 Å². The number of rotatable bonds is 4. The molecule has 0 aliphatic carbocycles. The van der Waals surface area contributed by atoms with Crippen LogP contribution in [0.15, 0.2) is 48.5 Å². The third-order valence-electron chi connectivity index (χ3n) is 5.00. The molecule has 2 aromatic carbocycles. The minimum atomic E-state index is -0.814. The van der Waals surface area contributed by atoms with E-state index in [1.165, 1.54) is 0 Å². The van der Waals surface area contributed by atoms with Gasteiger partial charge in [0.25, 0.3) is 0 Å². The molecule has 1 aliphatic rings. The Hall–Kier alpha value is -3.53. The molecule has 2 N–H and O–H groups in total. The first-order valence-corrected chi connectivity index (χ1v) is 8.97. The minimum absolute atomic E-state index is 0.242. The van der Waals surface area contributed by atoms with Gasteiger partial charge < -0.3 is 20.1 Å². The Balaban J connectivity index is 1.54. The van der Waals surface area contributed by atoms with Crippen molar-refractivity contribution in [3.63, 3.8) is 0 Å². The van der Waals surface area contributed by atoms with Crippen molar-refractivity contribution in [3.05, 3.63) is 54.1 Å². The van der Waals surface area contributed by atoms with Gasteiger partial charge in [-0.2, -0.15) is 5.26 Å². The smallest absolute Gasteiger partial charge is 0.321 e. The summed E-state index contributed by atoms with van der Waals surface area (Å²) in [5.74, 6) is 0.411. The number of piperidine rings is 1. The zero-order valence-corrected chi connectivity index (χ0v) is 15.5. The van der Waals surface area contributed by atoms with E-state index in [-0.39, 0.29) is 6.03 Å². The van der Waals surface area contributed by atoms with Gasteiger partial charge in [-0.05, 0) is 68.3 Å². The number of hydrogen-bond acceptors (Lipinski definition) is 4. The Bertz CT molecular complexity index is 893. The molecule has 1 saturated heterocycles. The minimum Gasteiger partial charge on any atom is -0.481 e. The Morgan fingerprint density at radius 2 is 1.61 bits per heavy atom. The van der Waals surface area contributed by atoms with Gasteiger partial charge >= 0.3 is 12.0 Å². The fourth-order valence-corrected chi connectivity index (χ4v) is 2.96. The number of carboxylic acids is 1. The molecule has 1 aliphatic heterocycles. The summed E-state index contributed by atoms with van der Waals surface area (Å²) in [6.45, 7) is 2.54. The van der Waals surface area contributed by atoms with Gasteiger partial charge in [0.2, 0.25) is 0 Å². The maximum absolute atomic E-state index is 12.4. The lowest BCUT2D eigenvalue weighted by atomic mass is 9.80. The molecule has 0 spiro atoms. The summed E-state index contributed by atoms with van der Waals surface area (Å²) in [6.07, 6.45) is 0.875. The van der Waals surface area contributed by atoms with Crippen LogP contribution in [0.25, 0.3) is 0 Å². The molecule has 144 valence electrons. The van der Waals surface area contributed by atoms with Crippen molar-refractivity contribution in [2.75, 3.05) is 18.4 Å². The highest BCUT2D eigenvalue weighted by atomic mass is 16.5. The number of carbonyl (C=O) groups is 2. The standard InChI is InChI=1S/C21H21N3O4/c1-21(19(25)26)10-12-24(13-11-21)20(27)23-16-4-8-18(9-5-16)28-17-6-2-15(14-22)3-7-17/h2-9H,10-13H2,1H3,(H,23,27)(H,25,26). The van der Waals surface area contributed by atoms with Crippen LogP contribution in [0.2, 0.25) is 0 Å². The van der Waals surface area contributed by atoms with E-state index in [9.17, 15) is 14.7 Å². The second kappa shape index (κ2) is 8.01. The van der Waals surface area contributed by atoms with Crippen LogP contribution in [0, 0.1) is 16.7 Å². The highest BCUT2D eigenvalue weighted by Gasteiger charge is 2.38. The van der Waals surface area contributed by atoms with Crippen LogP contribution in [-0.2, 0) is 4.79 Å². The number of nitrogens with zero attached hydrogens (tertiary/aromatic N) is 2. The molecule has 3 rings (SSSR count). The van der Waals surface area contributed by atoms with Crippen molar-refractivity contribution in [2.45, 2.75) is 19.8 Å². The van der Waals surface area contributed by atoms with E-state index >= 15 is 0 Å². The molecule has 2 aromatic rings. The quantitative estimate of drug-likeness (QED) is 0.834. The van der Waals surface area contributed by atoms with Crippen LogP contribution in [0.5, 0.6) is 11.5 Å². The van der Waals surface area contributed by atoms with Crippen LogP contribution in [0.1, 0.15) is 25.3 Å². The van der Waals surface area contributed by atoms with Gasteiger partial charge in [-0.15, -0.1) is 0 Å². The van der Waals surface area contributed by atoms with Gasteiger partial charge in [0.1, 0.15) is 11.5 Å². The van der Waals surface area contributed by atoms with Crippen molar-refractivity contribution in [3.8, 4) is 17.6 Å². The lowest BCUT2D eigenvalue weighted by Crippen LogP contribution is -2.46. The average molecular weight is 379 g/mol. The molecule has 0 aromatic heterocycles. The van der Waals surface area contributed by atoms with Crippen molar-refractivity contribution < 1.29 is 19.4 Å². The van der Waals surface area contributed by atoms with E-state index in [1.807, 2.05) is 0 Å². The summed E-state index contributed by atoms with van der Waals surface area (Å²) in [4.78, 5) is 25.3. The first kappa shape index (κ1) is 19.2. The molecule has 0 atom stereocenters. The molecule has 1 fully saturated rings. The third-order valence-corrected chi connectivity index (χ3v) is 5.00. The highest BCUT2D eigenvalue weighted by molar-refractivity contribution is 5.89. The second-order valence-electron chi connectivity index (χ2n) is 7.05. The Morgan fingerprint density at radius 3 is 2.11 bits per heavy atom. The molecule has 0 bridgehead atoms. The van der Waals surface area contributed by atoms with E-state index in [0.717, 1.165) is 0 Å². The maximum atomic E-state index is 12.4. The number of aliphatic carboxylic acids is 1. The summed E-state index contributed by atoms with van der Waals surface area (Å²) in [5, 5.41) is 20.9. The van der Waals surface area contributed by atoms with E-state index in [1.54, 1.807) is 60.4 Å². The van der Waals surface area contributed by atoms with Gasteiger partial charge in [-0.25, -0.2) is 4.79 Å². The number of hydrogen-bond donors (Lipinski definition) is 2. The van der Waals surface area contributed by atoms with Crippen molar-refractivity contribution in [1.29, 1.82) is 5.26 Å². The molecule has 7 heteroatoms. The first-order valence-electron chi connectivity index (χ1n) is 8.97. The number of carboxylic acid groups (broad SMARTS) is 1. The summed E-state index contributed by atoms with van der Waals surface area (Å²) in [5.41, 5.74) is 0.428. The van der Waals surface area contributed by atoms with E-state index in [0.29, 0.717) is 48.7 Å². The Labute approximate surface area is 163 Å². The largest absolute Gasteiger partial charge is 0.481 e. The lowest BCUT2D eigenvalue weighted by molar-refractivity contribution is -0.150. The van der Waals surface area contributed by atoms with Crippen LogP contribution in [0.3, 0.4) is 0 Å². The zero-order chi connectivity index (χ0) is 20.1. The molecule has 0 radical (unpaired) electrons. The van der Waals surface area contributed by atoms with E-state index < -0.39 is 11.4 Å². The number of anilines is 1. The number of benzene rings is 2. The lowest BCUT2D eigenvalue weighted by Gasteiger charge is -2.36. The average Bonchev–Trinajstić information content (AvgIpc) is 2.70. The van der Waals surface area contributed by atoms with Gasteiger partial charge in [0.15, 0.2) is 0 Å². The molecule has 0 saturated carbocycles. The molecule has 7 nitrogen and oxygen atoms in total. The number of nitrogens with one attached hydrogen (secondary N) is 1. The van der Waals surface area contributed by atoms with Gasteiger partial charge in [-0.3, -0.25) is 4.79 Å². The number of carbonyl (C=O) groups excluding carboxylic acids is 1. The number of likely N-dealkylation sites (tertiary alicyclic amines) is 1. The fourth-order valence-electron chi connectivity index (χ4n) is 2.96. The van der Waals surface area contributed by atoms with Crippen LogP contribution >= 0.6 is 0 Å². The molecule has 0 unspecified atom stereocenters. The number of amides is 2. The monoisotopic (exact) mass is 379 g/mol.